The highest BCUT2D eigenvalue weighted by molar-refractivity contribution is 7.18. The molecule has 0 radical (unpaired) electrons. The van der Waals surface area contributed by atoms with Gasteiger partial charge in [0, 0.05) is 5.56 Å². The molecule has 0 bridgehead atoms. The summed E-state index contributed by atoms with van der Waals surface area (Å²) >= 11 is 7.14. The molecule has 0 saturated carbocycles. The summed E-state index contributed by atoms with van der Waals surface area (Å²) in [5, 5.41) is 8.67. The van der Waals surface area contributed by atoms with E-state index >= 15 is 0 Å². The van der Waals surface area contributed by atoms with Crippen molar-refractivity contribution in [3.05, 3.63) is 33.8 Å². The first kappa shape index (κ1) is 9.62. The molecule has 1 aromatic carbocycles. The minimum absolute atomic E-state index is 0.485. The Morgan fingerprint density at radius 1 is 1.07 bits per heavy atom. The minimum Gasteiger partial charge on any atom is -0.137 e. The second-order valence-electron chi connectivity index (χ2n) is 3.24. The topological polar surface area (TPSA) is 25.8 Å². The van der Waals surface area contributed by atoms with E-state index in [1.54, 1.807) is 0 Å². The molecule has 1 heterocycles. The quantitative estimate of drug-likeness (QED) is 0.741. The number of aromatic nitrogens is 2. The molecule has 0 N–H and O–H groups in total. The molecule has 0 spiro atoms. The van der Waals surface area contributed by atoms with Crippen LogP contribution in [0.4, 0.5) is 0 Å². The minimum atomic E-state index is 0.485. The largest absolute Gasteiger partial charge is 0.207 e. The standard InChI is InChI=1S/C10H9ClN2S/c1-6-3-7(2)5-8(4-6)9-12-13-10(11)14-9/h3-5H,1-2H3. The molecular formula is C10H9ClN2S. The normalized spacial score (nSPS) is 10.5. The number of aryl methyl sites for hydroxylation is 2. The molecule has 0 aliphatic heterocycles. The van der Waals surface area contributed by atoms with E-state index < -0.39 is 0 Å². The van der Waals surface area contributed by atoms with Crippen molar-refractivity contribution in [1.29, 1.82) is 0 Å². The molecule has 4 heteroatoms. The molecule has 0 aliphatic rings. The van der Waals surface area contributed by atoms with Crippen LogP contribution < -0.4 is 0 Å². The van der Waals surface area contributed by atoms with Gasteiger partial charge in [-0.2, -0.15) is 0 Å². The first-order valence-electron chi connectivity index (χ1n) is 4.23. The Morgan fingerprint density at radius 2 is 1.71 bits per heavy atom. The van der Waals surface area contributed by atoms with Crippen molar-refractivity contribution in [3.63, 3.8) is 0 Å². The van der Waals surface area contributed by atoms with Gasteiger partial charge in [0.05, 0.1) is 0 Å². The summed E-state index contributed by atoms with van der Waals surface area (Å²) in [6.07, 6.45) is 0. The van der Waals surface area contributed by atoms with Crippen LogP contribution in [0, 0.1) is 13.8 Å². The van der Waals surface area contributed by atoms with E-state index in [4.69, 9.17) is 11.6 Å². The lowest BCUT2D eigenvalue weighted by Crippen LogP contribution is -1.81. The molecule has 0 atom stereocenters. The third kappa shape index (κ3) is 1.94. The van der Waals surface area contributed by atoms with Crippen molar-refractivity contribution in [2.75, 3.05) is 0 Å². The van der Waals surface area contributed by atoms with E-state index in [0.29, 0.717) is 4.47 Å². The van der Waals surface area contributed by atoms with Gasteiger partial charge in [-0.25, -0.2) is 0 Å². The van der Waals surface area contributed by atoms with Crippen LogP contribution in [0.1, 0.15) is 11.1 Å². The number of hydrogen-bond donors (Lipinski definition) is 0. The Morgan fingerprint density at radius 3 is 2.21 bits per heavy atom. The maximum Gasteiger partial charge on any atom is 0.207 e. The number of benzene rings is 1. The average Bonchev–Trinajstić information content (AvgIpc) is 2.50. The summed E-state index contributed by atoms with van der Waals surface area (Å²) in [5.41, 5.74) is 3.55. The van der Waals surface area contributed by atoms with E-state index in [2.05, 4.69) is 42.2 Å². The summed E-state index contributed by atoms with van der Waals surface area (Å²) in [7, 11) is 0. The molecule has 2 rings (SSSR count). The van der Waals surface area contributed by atoms with Crippen molar-refractivity contribution < 1.29 is 0 Å². The second kappa shape index (κ2) is 3.67. The number of rotatable bonds is 1. The van der Waals surface area contributed by atoms with Crippen LogP contribution in [0.25, 0.3) is 10.6 Å². The van der Waals surface area contributed by atoms with Gasteiger partial charge in [0.2, 0.25) is 4.47 Å². The molecule has 0 aliphatic carbocycles. The van der Waals surface area contributed by atoms with Gasteiger partial charge in [0.1, 0.15) is 5.01 Å². The Hall–Kier alpha value is -0.930. The molecule has 1 aromatic heterocycles. The third-order valence-electron chi connectivity index (χ3n) is 1.87. The molecule has 2 nitrogen and oxygen atoms in total. The Bertz CT molecular complexity index is 445. The zero-order chi connectivity index (χ0) is 10.1. The van der Waals surface area contributed by atoms with Crippen LogP contribution in [-0.4, -0.2) is 10.2 Å². The van der Waals surface area contributed by atoms with Crippen LogP contribution >= 0.6 is 22.9 Å². The summed E-state index contributed by atoms with van der Waals surface area (Å²) in [4.78, 5) is 0. The zero-order valence-corrected chi connectivity index (χ0v) is 9.49. The summed E-state index contributed by atoms with van der Waals surface area (Å²) in [5.74, 6) is 0. The SMILES string of the molecule is Cc1cc(C)cc(-c2nnc(Cl)s2)c1. The fraction of sp³-hybridized carbons (Fsp3) is 0.200. The highest BCUT2D eigenvalue weighted by Crippen LogP contribution is 2.27. The molecule has 72 valence electrons. The second-order valence-corrected chi connectivity index (χ2v) is 4.80. The van der Waals surface area contributed by atoms with Crippen molar-refractivity contribution in [3.8, 4) is 10.6 Å². The zero-order valence-electron chi connectivity index (χ0n) is 7.91. The predicted molar refractivity (Wildman–Crippen MR) is 59.8 cm³/mol. The van der Waals surface area contributed by atoms with E-state index in [9.17, 15) is 0 Å². The molecule has 0 amide bonds. The van der Waals surface area contributed by atoms with Gasteiger partial charge in [-0.05, 0) is 37.6 Å². The van der Waals surface area contributed by atoms with Crippen molar-refractivity contribution in [1.82, 2.24) is 10.2 Å². The average molecular weight is 225 g/mol. The monoisotopic (exact) mass is 224 g/mol. The maximum atomic E-state index is 5.73. The summed E-state index contributed by atoms with van der Waals surface area (Å²) < 4.78 is 0.485. The lowest BCUT2D eigenvalue weighted by molar-refractivity contribution is 1.09. The van der Waals surface area contributed by atoms with Crippen molar-refractivity contribution in [2.24, 2.45) is 0 Å². The number of nitrogens with zero attached hydrogens (tertiary/aromatic N) is 2. The molecular weight excluding hydrogens is 216 g/mol. The van der Waals surface area contributed by atoms with Crippen molar-refractivity contribution in [2.45, 2.75) is 13.8 Å². The fourth-order valence-electron chi connectivity index (χ4n) is 1.42. The first-order chi connectivity index (χ1) is 6.65. The van der Waals surface area contributed by atoms with Gasteiger partial charge in [-0.15, -0.1) is 10.2 Å². The predicted octanol–water partition coefficient (Wildman–Crippen LogP) is 3.48. The van der Waals surface area contributed by atoms with Gasteiger partial charge in [-0.3, -0.25) is 0 Å². The van der Waals surface area contributed by atoms with Crippen LogP contribution in [0.3, 0.4) is 0 Å². The maximum absolute atomic E-state index is 5.73. The van der Waals surface area contributed by atoms with Gasteiger partial charge in [0.25, 0.3) is 0 Å². The van der Waals surface area contributed by atoms with Crippen LogP contribution in [-0.2, 0) is 0 Å². The Labute approximate surface area is 91.6 Å². The molecule has 0 unspecified atom stereocenters. The van der Waals surface area contributed by atoms with E-state index in [1.807, 2.05) is 0 Å². The van der Waals surface area contributed by atoms with E-state index in [-0.39, 0.29) is 0 Å². The number of hydrogen-bond acceptors (Lipinski definition) is 3. The van der Waals surface area contributed by atoms with Gasteiger partial charge < -0.3 is 0 Å². The van der Waals surface area contributed by atoms with Crippen LogP contribution in [0.5, 0.6) is 0 Å². The lowest BCUT2D eigenvalue weighted by atomic mass is 10.1. The summed E-state index contributed by atoms with van der Waals surface area (Å²) in [6, 6.07) is 6.31. The number of halogens is 1. The third-order valence-corrected chi connectivity index (χ3v) is 2.94. The van der Waals surface area contributed by atoms with Gasteiger partial charge >= 0.3 is 0 Å². The highest BCUT2D eigenvalue weighted by Gasteiger charge is 2.05. The highest BCUT2D eigenvalue weighted by atomic mass is 35.5. The van der Waals surface area contributed by atoms with Crippen molar-refractivity contribution >= 4 is 22.9 Å². The van der Waals surface area contributed by atoms with Crippen LogP contribution in [0.2, 0.25) is 4.47 Å². The molecule has 0 fully saturated rings. The smallest absolute Gasteiger partial charge is 0.137 e. The lowest BCUT2D eigenvalue weighted by Gasteiger charge is -2.00. The fourth-order valence-corrected chi connectivity index (χ4v) is 2.24. The molecule has 0 saturated heterocycles. The Balaban J connectivity index is 2.51. The molecule has 14 heavy (non-hydrogen) atoms. The summed E-state index contributed by atoms with van der Waals surface area (Å²) in [6.45, 7) is 4.14. The van der Waals surface area contributed by atoms with Crippen LogP contribution in [0.15, 0.2) is 18.2 Å². The van der Waals surface area contributed by atoms with E-state index in [0.717, 1.165) is 10.6 Å². The van der Waals surface area contributed by atoms with Gasteiger partial charge in [0.15, 0.2) is 0 Å². The molecule has 2 aromatic rings. The van der Waals surface area contributed by atoms with Gasteiger partial charge in [-0.1, -0.05) is 28.5 Å². The first-order valence-corrected chi connectivity index (χ1v) is 5.42. The Kier molecular flexibility index (Phi) is 2.52. The van der Waals surface area contributed by atoms with E-state index in [1.165, 1.54) is 22.5 Å².